The number of rotatable bonds is 5. The Kier molecular flexibility index (Phi) is 3.72. The Morgan fingerprint density at radius 1 is 1.11 bits per heavy atom. The maximum Gasteiger partial charge on any atom is 0.210 e. The first kappa shape index (κ1) is 12.3. The van der Waals surface area contributed by atoms with Crippen molar-refractivity contribution in [3.05, 3.63) is 69.4 Å². The zero-order chi connectivity index (χ0) is 13.0. The fourth-order valence-electron chi connectivity index (χ4n) is 1.66. The summed E-state index contributed by atoms with van der Waals surface area (Å²) in [5.41, 5.74) is 0.937. The number of nitro groups is 1. The Morgan fingerprint density at radius 3 is 2.44 bits per heavy atom. The van der Waals surface area contributed by atoms with E-state index >= 15 is 0 Å². The van der Waals surface area contributed by atoms with E-state index in [0.717, 1.165) is 11.3 Å². The molecule has 1 aromatic carbocycles. The quantitative estimate of drug-likeness (QED) is 0.604. The van der Waals surface area contributed by atoms with Crippen LogP contribution in [0.5, 0.6) is 0 Å². The van der Waals surface area contributed by atoms with E-state index in [4.69, 9.17) is 4.42 Å². The third kappa shape index (κ3) is 3.41. The highest BCUT2D eigenvalue weighted by molar-refractivity contribution is 5.22. The predicted molar refractivity (Wildman–Crippen MR) is 63.5 cm³/mol. The molecule has 4 nitrogen and oxygen atoms in total. The van der Waals surface area contributed by atoms with Crippen LogP contribution in [0.25, 0.3) is 0 Å². The van der Waals surface area contributed by atoms with E-state index in [1.807, 2.05) is 0 Å². The molecule has 2 rings (SSSR count). The summed E-state index contributed by atoms with van der Waals surface area (Å²) in [6.45, 7) is -0.135. The molecule has 0 aliphatic carbocycles. The van der Waals surface area contributed by atoms with Crippen LogP contribution in [0, 0.1) is 15.9 Å². The minimum Gasteiger partial charge on any atom is -0.465 e. The molecule has 0 aliphatic rings. The van der Waals surface area contributed by atoms with Crippen molar-refractivity contribution in [3.63, 3.8) is 0 Å². The van der Waals surface area contributed by atoms with Gasteiger partial charge in [-0.1, -0.05) is 12.1 Å². The van der Waals surface area contributed by atoms with Gasteiger partial charge in [0, 0.05) is 11.3 Å². The Labute approximate surface area is 103 Å². The number of nitrogens with zero attached hydrogens (tertiary/aromatic N) is 1. The molecule has 0 radical (unpaired) electrons. The van der Waals surface area contributed by atoms with Crippen LogP contribution in [-0.2, 0) is 12.8 Å². The maximum atomic E-state index is 12.7. The van der Waals surface area contributed by atoms with Crippen LogP contribution < -0.4 is 0 Å². The third-order valence-corrected chi connectivity index (χ3v) is 2.55. The van der Waals surface area contributed by atoms with Crippen molar-refractivity contribution in [3.8, 4) is 0 Å². The van der Waals surface area contributed by atoms with Crippen LogP contribution in [0.2, 0.25) is 0 Å². The lowest BCUT2D eigenvalue weighted by atomic mass is 10.1. The van der Waals surface area contributed by atoms with Crippen molar-refractivity contribution < 1.29 is 13.7 Å². The number of benzene rings is 1. The molecule has 0 saturated heterocycles. The molecule has 5 heteroatoms. The fraction of sp³-hybridized carbons (Fsp3) is 0.231. The van der Waals surface area contributed by atoms with Crippen LogP contribution in [0.1, 0.15) is 17.1 Å². The normalized spacial score (nSPS) is 10.5. The SMILES string of the molecule is O=[N+]([O-])CCc1ccc(Cc2ccc(F)cc2)o1. The fourth-order valence-corrected chi connectivity index (χ4v) is 1.66. The largest absolute Gasteiger partial charge is 0.465 e. The van der Waals surface area contributed by atoms with E-state index in [-0.39, 0.29) is 23.7 Å². The molecule has 0 unspecified atom stereocenters. The van der Waals surface area contributed by atoms with E-state index in [1.165, 1.54) is 12.1 Å². The molecule has 0 atom stereocenters. The van der Waals surface area contributed by atoms with Gasteiger partial charge in [-0.25, -0.2) is 4.39 Å². The summed E-state index contributed by atoms with van der Waals surface area (Å²) in [6, 6.07) is 9.70. The first-order valence-electron chi connectivity index (χ1n) is 5.57. The molecule has 0 fully saturated rings. The monoisotopic (exact) mass is 249 g/mol. The summed E-state index contributed by atoms with van der Waals surface area (Å²) in [6.07, 6.45) is 0.842. The smallest absolute Gasteiger partial charge is 0.210 e. The molecule has 0 aliphatic heterocycles. The highest BCUT2D eigenvalue weighted by atomic mass is 19.1. The highest BCUT2D eigenvalue weighted by Gasteiger charge is 2.06. The van der Waals surface area contributed by atoms with Crippen molar-refractivity contribution in [2.75, 3.05) is 6.54 Å². The molecule has 94 valence electrons. The van der Waals surface area contributed by atoms with Gasteiger partial charge in [0.05, 0.1) is 6.42 Å². The van der Waals surface area contributed by atoms with Gasteiger partial charge in [0.2, 0.25) is 6.54 Å². The summed E-state index contributed by atoms with van der Waals surface area (Å²) < 4.78 is 18.2. The van der Waals surface area contributed by atoms with Crippen molar-refractivity contribution >= 4 is 0 Å². The van der Waals surface area contributed by atoms with E-state index in [9.17, 15) is 14.5 Å². The number of hydrogen-bond acceptors (Lipinski definition) is 3. The molecule has 0 amide bonds. The molecule has 0 N–H and O–H groups in total. The van der Waals surface area contributed by atoms with Crippen molar-refractivity contribution in [2.45, 2.75) is 12.8 Å². The van der Waals surface area contributed by atoms with E-state index in [1.54, 1.807) is 24.3 Å². The van der Waals surface area contributed by atoms with Crippen LogP contribution >= 0.6 is 0 Å². The summed E-state index contributed by atoms with van der Waals surface area (Å²) >= 11 is 0. The Balaban J connectivity index is 1.97. The van der Waals surface area contributed by atoms with Gasteiger partial charge in [-0.3, -0.25) is 10.1 Å². The molecule has 1 heterocycles. The lowest BCUT2D eigenvalue weighted by Gasteiger charge is -1.98. The van der Waals surface area contributed by atoms with E-state index in [2.05, 4.69) is 0 Å². The first-order chi connectivity index (χ1) is 8.63. The van der Waals surface area contributed by atoms with Crippen LogP contribution in [-0.4, -0.2) is 11.5 Å². The predicted octanol–water partition coefficient (Wildman–Crippen LogP) is 2.83. The highest BCUT2D eigenvalue weighted by Crippen LogP contribution is 2.14. The van der Waals surface area contributed by atoms with Gasteiger partial charge in [-0.15, -0.1) is 0 Å². The summed E-state index contributed by atoms with van der Waals surface area (Å²) in [5.74, 6) is 1.05. The third-order valence-electron chi connectivity index (χ3n) is 2.55. The lowest BCUT2D eigenvalue weighted by Crippen LogP contribution is -2.02. The van der Waals surface area contributed by atoms with Gasteiger partial charge in [0.1, 0.15) is 17.3 Å². The molecular formula is C13H12FNO3. The second kappa shape index (κ2) is 5.44. The Bertz CT molecular complexity index is 533. The number of halogens is 1. The van der Waals surface area contributed by atoms with Gasteiger partial charge in [0.25, 0.3) is 0 Å². The van der Waals surface area contributed by atoms with Crippen molar-refractivity contribution in [2.24, 2.45) is 0 Å². The summed E-state index contributed by atoms with van der Waals surface area (Å²) in [7, 11) is 0. The van der Waals surface area contributed by atoms with E-state index in [0.29, 0.717) is 12.2 Å². The number of hydrogen-bond donors (Lipinski definition) is 0. The van der Waals surface area contributed by atoms with Crippen LogP contribution in [0.15, 0.2) is 40.8 Å². The molecule has 0 spiro atoms. The van der Waals surface area contributed by atoms with Gasteiger partial charge < -0.3 is 4.42 Å². The average molecular weight is 249 g/mol. The average Bonchev–Trinajstić information content (AvgIpc) is 2.77. The Morgan fingerprint density at radius 2 is 1.78 bits per heavy atom. The maximum absolute atomic E-state index is 12.7. The van der Waals surface area contributed by atoms with Crippen molar-refractivity contribution in [1.82, 2.24) is 0 Å². The zero-order valence-electron chi connectivity index (χ0n) is 9.64. The minimum atomic E-state index is -0.373. The molecule has 2 aromatic rings. The molecular weight excluding hydrogens is 237 g/mol. The number of furan rings is 1. The van der Waals surface area contributed by atoms with Crippen LogP contribution in [0.3, 0.4) is 0 Å². The lowest BCUT2D eigenvalue weighted by molar-refractivity contribution is -0.479. The van der Waals surface area contributed by atoms with Gasteiger partial charge in [0.15, 0.2) is 0 Å². The first-order valence-corrected chi connectivity index (χ1v) is 5.57. The second-order valence-corrected chi connectivity index (χ2v) is 3.98. The van der Waals surface area contributed by atoms with Gasteiger partial charge >= 0.3 is 0 Å². The molecule has 0 saturated carbocycles. The Hall–Kier alpha value is -2.17. The molecule has 18 heavy (non-hydrogen) atoms. The van der Waals surface area contributed by atoms with Gasteiger partial charge in [-0.05, 0) is 29.8 Å². The summed E-state index contributed by atoms with van der Waals surface area (Å²) in [4.78, 5) is 9.86. The molecule has 1 aromatic heterocycles. The van der Waals surface area contributed by atoms with E-state index < -0.39 is 0 Å². The van der Waals surface area contributed by atoms with Crippen LogP contribution in [0.4, 0.5) is 4.39 Å². The second-order valence-electron chi connectivity index (χ2n) is 3.98. The summed E-state index contributed by atoms with van der Waals surface area (Å²) in [5, 5.41) is 10.2. The standard InChI is InChI=1S/C13H12FNO3/c14-11-3-1-10(2-4-11)9-13-6-5-12(18-13)7-8-15(16)17/h1-6H,7-9H2. The topological polar surface area (TPSA) is 56.3 Å². The van der Waals surface area contributed by atoms with Crippen molar-refractivity contribution in [1.29, 1.82) is 0 Å². The molecule has 0 bridgehead atoms. The van der Waals surface area contributed by atoms with Gasteiger partial charge in [-0.2, -0.15) is 0 Å². The zero-order valence-corrected chi connectivity index (χ0v) is 9.64. The minimum absolute atomic E-state index is 0.135.